The summed E-state index contributed by atoms with van der Waals surface area (Å²) in [5.41, 5.74) is 0. The van der Waals surface area contributed by atoms with Gasteiger partial charge in [0.05, 0.1) is 16.0 Å². The number of halogens is 1. The number of anilines is 1. The van der Waals surface area contributed by atoms with E-state index in [1.165, 1.54) is 36.7 Å². The standard InChI is InChI=1S/C12H9ClN4O4S/c13-9-2-4-10(5-3-9)22(20,21)11(17(18)19)8-16-12-14-6-1-7-15-12/h1-8H,(H,14,15,16)/b11-8+. The third-order valence-corrected chi connectivity index (χ3v) is 4.43. The zero-order valence-electron chi connectivity index (χ0n) is 10.9. The van der Waals surface area contributed by atoms with Crippen molar-refractivity contribution in [2.45, 2.75) is 4.90 Å². The Morgan fingerprint density at radius 2 is 1.82 bits per heavy atom. The molecule has 1 aromatic heterocycles. The van der Waals surface area contributed by atoms with Crippen LogP contribution in [0.15, 0.2) is 58.9 Å². The molecule has 8 nitrogen and oxygen atoms in total. The van der Waals surface area contributed by atoms with E-state index in [2.05, 4.69) is 15.3 Å². The highest BCUT2D eigenvalue weighted by molar-refractivity contribution is 7.95. The number of sulfone groups is 1. The second kappa shape index (κ2) is 6.50. The van der Waals surface area contributed by atoms with Crippen molar-refractivity contribution < 1.29 is 13.3 Å². The molecule has 22 heavy (non-hydrogen) atoms. The van der Waals surface area contributed by atoms with Crippen molar-refractivity contribution >= 4 is 27.4 Å². The van der Waals surface area contributed by atoms with Crippen LogP contribution in [-0.2, 0) is 9.84 Å². The van der Waals surface area contributed by atoms with Gasteiger partial charge in [-0.1, -0.05) is 11.6 Å². The predicted octanol–water partition coefficient (Wildman–Crippen LogP) is 2.09. The average molecular weight is 341 g/mol. The summed E-state index contributed by atoms with van der Waals surface area (Å²) in [5.74, 6) is 0.0353. The summed E-state index contributed by atoms with van der Waals surface area (Å²) in [6, 6.07) is 6.59. The molecule has 0 unspecified atom stereocenters. The van der Waals surface area contributed by atoms with Crippen LogP contribution >= 0.6 is 11.6 Å². The van der Waals surface area contributed by atoms with Crippen LogP contribution in [0.1, 0.15) is 0 Å². The van der Waals surface area contributed by atoms with Crippen LogP contribution in [-0.4, -0.2) is 23.3 Å². The van der Waals surface area contributed by atoms with Crippen LogP contribution in [0.4, 0.5) is 5.95 Å². The lowest BCUT2D eigenvalue weighted by Crippen LogP contribution is -2.14. The Bertz CT molecular complexity index is 807. The normalized spacial score (nSPS) is 12.0. The van der Waals surface area contributed by atoms with Gasteiger partial charge in [-0.25, -0.2) is 18.4 Å². The summed E-state index contributed by atoms with van der Waals surface area (Å²) >= 11 is 5.67. The molecule has 2 aromatic rings. The quantitative estimate of drug-likeness (QED) is 0.654. The fourth-order valence-corrected chi connectivity index (χ4v) is 2.74. The Morgan fingerprint density at radius 3 is 2.36 bits per heavy atom. The molecule has 0 aliphatic carbocycles. The topological polar surface area (TPSA) is 115 Å². The van der Waals surface area contributed by atoms with Crippen LogP contribution in [0.25, 0.3) is 0 Å². The maximum absolute atomic E-state index is 12.3. The second-order valence-corrected chi connectivity index (χ2v) is 6.25. The number of nitro groups is 1. The second-order valence-electron chi connectivity index (χ2n) is 3.91. The summed E-state index contributed by atoms with van der Waals surface area (Å²) in [4.78, 5) is 17.4. The molecule has 0 saturated heterocycles. The number of rotatable bonds is 5. The summed E-state index contributed by atoms with van der Waals surface area (Å²) in [5, 5.41) is 12.7. The van der Waals surface area contributed by atoms with E-state index in [1.807, 2.05) is 0 Å². The number of aromatic nitrogens is 2. The van der Waals surface area contributed by atoms with Gasteiger partial charge in [-0.05, 0) is 30.3 Å². The molecule has 10 heteroatoms. The van der Waals surface area contributed by atoms with E-state index < -0.39 is 19.8 Å². The molecular weight excluding hydrogens is 332 g/mol. The van der Waals surface area contributed by atoms with Crippen molar-refractivity contribution in [2.75, 3.05) is 5.32 Å². The highest BCUT2D eigenvalue weighted by Gasteiger charge is 2.31. The molecule has 0 bridgehead atoms. The minimum atomic E-state index is -4.30. The first-order valence-electron chi connectivity index (χ1n) is 5.80. The Kier molecular flexibility index (Phi) is 4.68. The Morgan fingerprint density at radius 1 is 1.23 bits per heavy atom. The van der Waals surface area contributed by atoms with Crippen molar-refractivity contribution in [3.63, 3.8) is 0 Å². The molecule has 0 saturated carbocycles. The lowest BCUT2D eigenvalue weighted by atomic mass is 10.4. The molecule has 0 fully saturated rings. The number of hydrogen-bond acceptors (Lipinski definition) is 7. The van der Waals surface area contributed by atoms with E-state index in [0.29, 0.717) is 5.02 Å². The third-order valence-electron chi connectivity index (χ3n) is 2.47. The molecule has 1 N–H and O–H groups in total. The predicted molar refractivity (Wildman–Crippen MR) is 79.4 cm³/mol. The lowest BCUT2D eigenvalue weighted by Gasteiger charge is -2.03. The molecule has 0 amide bonds. The van der Waals surface area contributed by atoms with E-state index in [4.69, 9.17) is 11.6 Å². The van der Waals surface area contributed by atoms with E-state index in [-0.39, 0.29) is 10.8 Å². The zero-order valence-corrected chi connectivity index (χ0v) is 12.5. The number of nitrogens with zero attached hydrogens (tertiary/aromatic N) is 3. The molecule has 2 rings (SSSR count). The molecule has 0 aliphatic heterocycles. The van der Waals surface area contributed by atoms with E-state index in [1.54, 1.807) is 6.07 Å². The molecule has 1 heterocycles. The van der Waals surface area contributed by atoms with Crippen molar-refractivity contribution in [3.05, 3.63) is 69.1 Å². The van der Waals surface area contributed by atoms with Crippen molar-refractivity contribution in [1.82, 2.24) is 9.97 Å². The first-order valence-corrected chi connectivity index (χ1v) is 7.66. The van der Waals surface area contributed by atoms with E-state index in [0.717, 1.165) is 6.20 Å². The molecular formula is C12H9ClN4O4S. The fraction of sp³-hybridized carbons (Fsp3) is 0. The maximum Gasteiger partial charge on any atom is 0.379 e. The molecule has 114 valence electrons. The number of nitrogens with one attached hydrogen (secondary N) is 1. The Hall–Kier alpha value is -2.52. The highest BCUT2D eigenvalue weighted by Crippen LogP contribution is 2.21. The van der Waals surface area contributed by atoms with Gasteiger partial charge >= 0.3 is 5.03 Å². The number of hydrogen-bond donors (Lipinski definition) is 1. The van der Waals surface area contributed by atoms with Gasteiger partial charge in [0.25, 0.3) is 9.84 Å². The van der Waals surface area contributed by atoms with Gasteiger partial charge in [-0.15, -0.1) is 0 Å². The van der Waals surface area contributed by atoms with Gasteiger partial charge in [0.2, 0.25) is 5.95 Å². The van der Waals surface area contributed by atoms with Crippen LogP contribution in [0.3, 0.4) is 0 Å². The minimum Gasteiger partial charge on any atom is -0.324 e. The molecule has 1 aromatic carbocycles. The maximum atomic E-state index is 12.3. The van der Waals surface area contributed by atoms with E-state index in [9.17, 15) is 18.5 Å². The van der Waals surface area contributed by atoms with Gasteiger partial charge in [0.15, 0.2) is 0 Å². The smallest absolute Gasteiger partial charge is 0.324 e. The zero-order chi connectivity index (χ0) is 16.2. The summed E-state index contributed by atoms with van der Waals surface area (Å²) in [6.07, 6.45) is 3.55. The lowest BCUT2D eigenvalue weighted by molar-refractivity contribution is -0.411. The first-order chi connectivity index (χ1) is 10.4. The highest BCUT2D eigenvalue weighted by atomic mass is 35.5. The van der Waals surface area contributed by atoms with Gasteiger partial charge < -0.3 is 5.32 Å². The van der Waals surface area contributed by atoms with Gasteiger partial charge in [-0.2, -0.15) is 0 Å². The number of benzene rings is 1. The van der Waals surface area contributed by atoms with Crippen molar-refractivity contribution in [1.29, 1.82) is 0 Å². The largest absolute Gasteiger partial charge is 0.379 e. The first kappa shape index (κ1) is 15.9. The molecule has 0 aliphatic rings. The SMILES string of the molecule is O=[N+]([O-])/C(=C\Nc1ncccn1)S(=O)(=O)c1ccc(Cl)cc1. The van der Waals surface area contributed by atoms with E-state index >= 15 is 0 Å². The molecule has 0 spiro atoms. The van der Waals surface area contributed by atoms with Gasteiger partial charge in [0.1, 0.15) is 0 Å². The van der Waals surface area contributed by atoms with Crippen LogP contribution < -0.4 is 5.32 Å². The summed E-state index contributed by atoms with van der Waals surface area (Å²) in [6.45, 7) is 0. The van der Waals surface area contributed by atoms with Crippen molar-refractivity contribution in [2.24, 2.45) is 0 Å². The summed E-state index contributed by atoms with van der Waals surface area (Å²) in [7, 11) is -4.30. The Balaban J connectivity index is 2.38. The van der Waals surface area contributed by atoms with Crippen LogP contribution in [0.5, 0.6) is 0 Å². The minimum absolute atomic E-state index is 0.0353. The molecule has 0 radical (unpaired) electrons. The molecule has 0 atom stereocenters. The monoisotopic (exact) mass is 340 g/mol. The fourth-order valence-electron chi connectivity index (χ4n) is 1.46. The average Bonchev–Trinajstić information content (AvgIpc) is 2.48. The Labute approximate surface area is 130 Å². The third kappa shape index (κ3) is 3.57. The van der Waals surface area contributed by atoms with Crippen LogP contribution in [0, 0.1) is 10.1 Å². The van der Waals surface area contributed by atoms with Crippen LogP contribution in [0.2, 0.25) is 5.02 Å². The summed E-state index contributed by atoms with van der Waals surface area (Å²) < 4.78 is 24.5. The van der Waals surface area contributed by atoms with Gasteiger partial charge in [-0.3, -0.25) is 10.1 Å². The van der Waals surface area contributed by atoms with Gasteiger partial charge in [0, 0.05) is 17.4 Å². The van der Waals surface area contributed by atoms with Crippen molar-refractivity contribution in [3.8, 4) is 0 Å².